The summed E-state index contributed by atoms with van der Waals surface area (Å²) in [5.41, 5.74) is 0.826. The van der Waals surface area contributed by atoms with Crippen molar-refractivity contribution in [2.45, 2.75) is 25.3 Å². The fourth-order valence-electron chi connectivity index (χ4n) is 4.72. The Hall–Kier alpha value is -2.43. The topological polar surface area (TPSA) is 66.5 Å². The largest absolute Gasteiger partial charge is 0.359 e. The SMILES string of the molecule is CNC(=O)C[C@@H](c1ccccc1)N1C(=O)[C@@H]2[C@H](C1=O)[C@H]1C=C[C@H]2CC1. The van der Waals surface area contributed by atoms with Crippen LogP contribution in [0, 0.1) is 23.7 Å². The van der Waals surface area contributed by atoms with Gasteiger partial charge in [0.25, 0.3) is 0 Å². The summed E-state index contributed by atoms with van der Waals surface area (Å²) in [6.07, 6.45) is 6.27. The first kappa shape index (κ1) is 16.1. The van der Waals surface area contributed by atoms with Gasteiger partial charge < -0.3 is 5.32 Å². The maximum Gasteiger partial charge on any atom is 0.234 e. The van der Waals surface area contributed by atoms with Gasteiger partial charge in [-0.25, -0.2) is 0 Å². The van der Waals surface area contributed by atoms with Gasteiger partial charge in [-0.1, -0.05) is 42.5 Å². The second-order valence-corrected chi connectivity index (χ2v) is 7.19. The van der Waals surface area contributed by atoms with E-state index in [1.807, 2.05) is 30.3 Å². The van der Waals surface area contributed by atoms with E-state index in [4.69, 9.17) is 0 Å². The number of carbonyl (C=O) groups excluding carboxylic acids is 3. The Morgan fingerprint density at radius 3 is 2.12 bits per heavy atom. The molecule has 5 atom stereocenters. The molecular formula is C20H22N2O3. The molecule has 0 unspecified atom stereocenters. The minimum atomic E-state index is -0.536. The molecule has 130 valence electrons. The van der Waals surface area contributed by atoms with Crippen molar-refractivity contribution in [1.82, 2.24) is 10.2 Å². The zero-order valence-electron chi connectivity index (χ0n) is 14.2. The first-order valence-electron chi connectivity index (χ1n) is 8.92. The third-order valence-corrected chi connectivity index (χ3v) is 5.95. The zero-order valence-corrected chi connectivity index (χ0v) is 14.2. The highest BCUT2D eigenvalue weighted by atomic mass is 16.2. The third-order valence-electron chi connectivity index (χ3n) is 5.95. The summed E-state index contributed by atoms with van der Waals surface area (Å²) in [6.45, 7) is 0. The van der Waals surface area contributed by atoms with Crippen LogP contribution in [0.1, 0.15) is 30.9 Å². The molecule has 0 radical (unpaired) electrons. The van der Waals surface area contributed by atoms with Gasteiger partial charge in [0.05, 0.1) is 24.3 Å². The number of hydrogen-bond acceptors (Lipinski definition) is 3. The standard InChI is InChI=1S/C20H22N2O3/c1-21-16(23)11-15(12-5-3-2-4-6-12)22-19(24)17-13-7-8-14(10-9-13)18(17)20(22)25/h2-8,13-15,17-18H,9-11H2,1H3,(H,21,23)/t13-,14-,15-,17-,18+/m0/s1. The molecule has 4 aliphatic rings. The van der Waals surface area contributed by atoms with Crippen molar-refractivity contribution in [1.29, 1.82) is 0 Å². The smallest absolute Gasteiger partial charge is 0.234 e. The highest BCUT2D eigenvalue weighted by molar-refractivity contribution is 6.06. The molecule has 1 aliphatic heterocycles. The molecule has 3 amide bonds. The van der Waals surface area contributed by atoms with Crippen LogP contribution in [0.15, 0.2) is 42.5 Å². The van der Waals surface area contributed by atoms with Crippen LogP contribution in [0.2, 0.25) is 0 Å². The molecule has 5 nitrogen and oxygen atoms in total. The van der Waals surface area contributed by atoms with Crippen LogP contribution < -0.4 is 5.32 Å². The Kier molecular flexibility index (Phi) is 3.94. The van der Waals surface area contributed by atoms with Gasteiger partial charge in [-0.05, 0) is 30.2 Å². The molecule has 3 aliphatic carbocycles. The average molecular weight is 338 g/mol. The number of allylic oxidation sites excluding steroid dienone is 2. The zero-order chi connectivity index (χ0) is 17.6. The second-order valence-electron chi connectivity index (χ2n) is 7.19. The third kappa shape index (κ3) is 2.49. The molecule has 1 heterocycles. The van der Waals surface area contributed by atoms with Gasteiger partial charge >= 0.3 is 0 Å². The Labute approximate surface area is 147 Å². The molecule has 0 spiro atoms. The van der Waals surface area contributed by atoms with Crippen LogP contribution in [0.3, 0.4) is 0 Å². The van der Waals surface area contributed by atoms with E-state index >= 15 is 0 Å². The molecule has 25 heavy (non-hydrogen) atoms. The molecule has 1 saturated carbocycles. The number of amides is 3. The van der Waals surface area contributed by atoms with E-state index < -0.39 is 6.04 Å². The molecule has 5 heteroatoms. The van der Waals surface area contributed by atoms with Gasteiger partial charge in [0.1, 0.15) is 0 Å². The van der Waals surface area contributed by atoms with Crippen LogP contribution in [-0.4, -0.2) is 29.7 Å². The number of rotatable bonds is 4. The van der Waals surface area contributed by atoms with E-state index in [0.29, 0.717) is 0 Å². The summed E-state index contributed by atoms with van der Waals surface area (Å²) in [5, 5.41) is 2.61. The van der Waals surface area contributed by atoms with Crippen molar-refractivity contribution in [3.8, 4) is 0 Å². The van der Waals surface area contributed by atoms with Crippen molar-refractivity contribution >= 4 is 17.7 Å². The van der Waals surface area contributed by atoms with Crippen molar-refractivity contribution in [3.05, 3.63) is 48.0 Å². The van der Waals surface area contributed by atoms with Crippen LogP contribution >= 0.6 is 0 Å². The number of nitrogens with one attached hydrogen (secondary N) is 1. The second kappa shape index (κ2) is 6.14. The lowest BCUT2D eigenvalue weighted by Gasteiger charge is -2.38. The highest BCUT2D eigenvalue weighted by Gasteiger charge is 2.58. The number of fused-ring (bicyclic) bond motifs is 1. The first-order valence-corrected chi connectivity index (χ1v) is 8.92. The lowest BCUT2D eigenvalue weighted by molar-refractivity contribution is -0.143. The van der Waals surface area contributed by atoms with E-state index in [2.05, 4.69) is 17.5 Å². The maximum atomic E-state index is 13.2. The van der Waals surface area contributed by atoms with E-state index in [9.17, 15) is 14.4 Å². The summed E-state index contributed by atoms with van der Waals surface area (Å²) < 4.78 is 0. The lowest BCUT2D eigenvalue weighted by atomic mass is 9.63. The van der Waals surface area contributed by atoms with E-state index in [0.717, 1.165) is 18.4 Å². The van der Waals surface area contributed by atoms with Crippen molar-refractivity contribution < 1.29 is 14.4 Å². The van der Waals surface area contributed by atoms with Crippen LogP contribution in [0.4, 0.5) is 0 Å². The average Bonchev–Trinajstić information content (AvgIpc) is 2.94. The van der Waals surface area contributed by atoms with Gasteiger partial charge in [-0.15, -0.1) is 0 Å². The molecular weight excluding hydrogens is 316 g/mol. The summed E-state index contributed by atoms with van der Waals surface area (Å²) >= 11 is 0. The van der Waals surface area contributed by atoms with Gasteiger partial charge in [-0.3, -0.25) is 19.3 Å². The highest BCUT2D eigenvalue weighted by Crippen LogP contribution is 2.51. The number of carbonyl (C=O) groups is 3. The molecule has 1 N–H and O–H groups in total. The quantitative estimate of drug-likeness (QED) is 0.675. The minimum absolute atomic E-state index is 0.0974. The van der Waals surface area contributed by atoms with Crippen LogP contribution in [0.25, 0.3) is 0 Å². The number of likely N-dealkylation sites (tertiary alicyclic amines) is 1. The monoisotopic (exact) mass is 338 g/mol. The number of nitrogens with zero attached hydrogens (tertiary/aromatic N) is 1. The Bertz CT molecular complexity index is 711. The van der Waals surface area contributed by atoms with Crippen LogP contribution in [-0.2, 0) is 14.4 Å². The van der Waals surface area contributed by atoms with Gasteiger partial charge in [0.2, 0.25) is 17.7 Å². The minimum Gasteiger partial charge on any atom is -0.359 e. The van der Waals surface area contributed by atoms with Crippen molar-refractivity contribution in [3.63, 3.8) is 0 Å². The van der Waals surface area contributed by atoms with Gasteiger partial charge in [0, 0.05) is 7.05 Å². The molecule has 0 aromatic heterocycles. The summed E-state index contributed by atoms with van der Waals surface area (Å²) in [5.74, 6) is -0.552. The van der Waals surface area contributed by atoms with E-state index in [-0.39, 0.29) is 47.8 Å². The molecule has 1 saturated heterocycles. The summed E-state index contributed by atoms with van der Waals surface area (Å²) in [4.78, 5) is 39.8. The van der Waals surface area contributed by atoms with E-state index in [1.165, 1.54) is 4.90 Å². The van der Waals surface area contributed by atoms with Gasteiger partial charge in [-0.2, -0.15) is 0 Å². The Morgan fingerprint density at radius 1 is 1.08 bits per heavy atom. The predicted molar refractivity (Wildman–Crippen MR) is 92.1 cm³/mol. The fraction of sp³-hybridized carbons (Fsp3) is 0.450. The molecule has 2 fully saturated rings. The fourth-order valence-corrected chi connectivity index (χ4v) is 4.72. The lowest BCUT2D eigenvalue weighted by Crippen LogP contribution is -2.38. The Balaban J connectivity index is 1.71. The Morgan fingerprint density at radius 2 is 1.64 bits per heavy atom. The summed E-state index contributed by atoms with van der Waals surface area (Å²) in [6, 6.07) is 8.85. The molecule has 5 rings (SSSR count). The normalized spacial score (nSPS) is 31.2. The van der Waals surface area contributed by atoms with Crippen molar-refractivity contribution in [2.75, 3.05) is 7.05 Å². The first-order chi connectivity index (χ1) is 12.1. The van der Waals surface area contributed by atoms with Gasteiger partial charge in [0.15, 0.2) is 0 Å². The number of benzene rings is 1. The number of hydrogen-bond donors (Lipinski definition) is 1. The maximum absolute atomic E-state index is 13.2. The van der Waals surface area contributed by atoms with E-state index in [1.54, 1.807) is 7.05 Å². The van der Waals surface area contributed by atoms with Crippen molar-refractivity contribution in [2.24, 2.45) is 23.7 Å². The molecule has 1 aromatic carbocycles. The van der Waals surface area contributed by atoms with Crippen LogP contribution in [0.5, 0.6) is 0 Å². The predicted octanol–water partition coefficient (Wildman–Crippen LogP) is 2.06. The molecule has 1 aromatic rings. The number of imide groups is 1. The molecule has 2 bridgehead atoms. The summed E-state index contributed by atoms with van der Waals surface area (Å²) in [7, 11) is 1.57.